The van der Waals surface area contributed by atoms with Crippen molar-refractivity contribution in [1.29, 1.82) is 0 Å². The molecule has 2 atom stereocenters. The predicted molar refractivity (Wildman–Crippen MR) is 67.2 cm³/mol. The van der Waals surface area contributed by atoms with Crippen molar-refractivity contribution in [2.75, 3.05) is 5.88 Å². The van der Waals surface area contributed by atoms with Crippen LogP contribution in [-0.2, 0) is 4.84 Å². The number of aliphatic imine (C=N–C) groups is 1. The average Bonchev–Trinajstić information content (AvgIpc) is 2.77. The highest BCUT2D eigenvalue weighted by Gasteiger charge is 2.19. The summed E-state index contributed by atoms with van der Waals surface area (Å²) < 4.78 is 0. The fourth-order valence-corrected chi connectivity index (χ4v) is 1.77. The second-order valence-electron chi connectivity index (χ2n) is 3.68. The van der Waals surface area contributed by atoms with Gasteiger partial charge in [-0.3, -0.25) is 5.48 Å². The molecular weight excluding hydrogens is 263 g/mol. The minimum absolute atomic E-state index is 0.285. The number of amidine groups is 1. The van der Waals surface area contributed by atoms with Crippen LogP contribution in [0.5, 0.6) is 0 Å². The Balaban J connectivity index is 1.97. The molecule has 0 radical (unpaired) electrons. The van der Waals surface area contributed by atoms with E-state index >= 15 is 0 Å². The zero-order valence-corrected chi connectivity index (χ0v) is 10.4. The number of halogens is 2. The number of hydroxylamine groups is 1. The summed E-state index contributed by atoms with van der Waals surface area (Å²) in [6.07, 6.45) is -0.657. The van der Waals surface area contributed by atoms with E-state index in [1.54, 1.807) is 24.3 Å². The van der Waals surface area contributed by atoms with E-state index in [9.17, 15) is 5.11 Å². The van der Waals surface area contributed by atoms with Crippen LogP contribution in [0, 0.1) is 0 Å². The molecule has 0 aromatic heterocycles. The lowest BCUT2D eigenvalue weighted by atomic mass is 10.1. The van der Waals surface area contributed by atoms with E-state index in [2.05, 4.69) is 10.5 Å². The quantitative estimate of drug-likeness (QED) is 0.829. The van der Waals surface area contributed by atoms with Crippen LogP contribution in [0.3, 0.4) is 0 Å². The maximum absolute atomic E-state index is 9.98. The van der Waals surface area contributed by atoms with E-state index in [4.69, 9.17) is 28.0 Å². The van der Waals surface area contributed by atoms with E-state index < -0.39 is 6.10 Å². The fraction of sp³-hybridized carbons (Fsp3) is 0.364. The zero-order chi connectivity index (χ0) is 12.3. The first-order valence-corrected chi connectivity index (χ1v) is 6.08. The van der Waals surface area contributed by atoms with Crippen molar-refractivity contribution in [2.45, 2.75) is 18.8 Å². The third-order valence-electron chi connectivity index (χ3n) is 2.39. The maximum Gasteiger partial charge on any atom is 0.190 e. The SMILES string of the molecule is OC(CC1=NC(CCl)ON1)c1ccc(Cl)cc1. The summed E-state index contributed by atoms with van der Waals surface area (Å²) in [5, 5.41) is 10.6. The number of benzene rings is 1. The number of aliphatic hydroxyl groups is 1. The summed E-state index contributed by atoms with van der Waals surface area (Å²) in [7, 11) is 0. The maximum atomic E-state index is 9.98. The monoisotopic (exact) mass is 274 g/mol. The largest absolute Gasteiger partial charge is 0.388 e. The molecule has 4 nitrogen and oxygen atoms in total. The van der Waals surface area contributed by atoms with Crippen LogP contribution in [0.4, 0.5) is 0 Å². The number of hydrogen-bond acceptors (Lipinski definition) is 4. The molecular formula is C11H12Cl2N2O2. The molecule has 92 valence electrons. The van der Waals surface area contributed by atoms with Crippen LogP contribution in [0.25, 0.3) is 0 Å². The summed E-state index contributed by atoms with van der Waals surface area (Å²) in [4.78, 5) is 9.21. The number of nitrogens with one attached hydrogen (secondary N) is 1. The van der Waals surface area contributed by atoms with E-state index in [1.807, 2.05) is 0 Å². The first-order valence-electron chi connectivity index (χ1n) is 5.17. The minimum atomic E-state index is -0.642. The van der Waals surface area contributed by atoms with Crippen molar-refractivity contribution in [3.63, 3.8) is 0 Å². The first-order chi connectivity index (χ1) is 8.19. The molecule has 17 heavy (non-hydrogen) atoms. The van der Waals surface area contributed by atoms with Crippen LogP contribution in [-0.4, -0.2) is 23.1 Å². The van der Waals surface area contributed by atoms with Gasteiger partial charge in [-0.05, 0) is 17.7 Å². The summed E-state index contributed by atoms with van der Waals surface area (Å²) in [5.74, 6) is 0.881. The highest BCUT2D eigenvalue weighted by atomic mass is 35.5. The van der Waals surface area contributed by atoms with Gasteiger partial charge in [-0.25, -0.2) is 9.83 Å². The molecule has 2 unspecified atom stereocenters. The minimum Gasteiger partial charge on any atom is -0.388 e. The molecule has 0 spiro atoms. The number of alkyl halides is 1. The molecule has 0 fully saturated rings. The Morgan fingerprint density at radius 3 is 2.71 bits per heavy atom. The standard InChI is InChI=1S/C11H12Cl2N2O2/c12-6-11-14-10(15-17-11)5-9(16)7-1-3-8(13)4-2-7/h1-4,9,11,16H,5-6H2,(H,14,15). The van der Waals surface area contributed by atoms with Gasteiger partial charge in [0, 0.05) is 11.4 Å². The van der Waals surface area contributed by atoms with Crippen molar-refractivity contribution in [3.8, 4) is 0 Å². The van der Waals surface area contributed by atoms with Crippen LogP contribution in [0.2, 0.25) is 5.02 Å². The normalized spacial score (nSPS) is 20.9. The molecule has 1 aromatic rings. The highest BCUT2D eigenvalue weighted by Crippen LogP contribution is 2.20. The molecule has 0 bridgehead atoms. The molecule has 1 heterocycles. The Labute approximate surface area is 109 Å². The topological polar surface area (TPSA) is 53.9 Å². The first kappa shape index (κ1) is 12.6. The molecule has 0 amide bonds. The van der Waals surface area contributed by atoms with Crippen LogP contribution in [0.15, 0.2) is 29.3 Å². The molecule has 0 saturated heterocycles. The molecule has 0 saturated carbocycles. The van der Waals surface area contributed by atoms with Gasteiger partial charge >= 0.3 is 0 Å². The summed E-state index contributed by atoms with van der Waals surface area (Å²) in [6.45, 7) is 0. The van der Waals surface area contributed by atoms with Crippen molar-refractivity contribution in [1.82, 2.24) is 5.48 Å². The Bertz CT molecular complexity index is 408. The number of aliphatic hydroxyl groups excluding tert-OH is 1. The molecule has 2 N–H and O–H groups in total. The van der Waals surface area contributed by atoms with Gasteiger partial charge in [-0.2, -0.15) is 0 Å². The lowest BCUT2D eigenvalue weighted by Crippen LogP contribution is -2.20. The van der Waals surface area contributed by atoms with Crippen molar-refractivity contribution in [3.05, 3.63) is 34.9 Å². The van der Waals surface area contributed by atoms with Crippen LogP contribution >= 0.6 is 23.2 Å². The number of hydrogen-bond donors (Lipinski definition) is 2. The third kappa shape index (κ3) is 3.33. The molecule has 0 aliphatic carbocycles. The van der Waals surface area contributed by atoms with Gasteiger partial charge in [0.2, 0.25) is 0 Å². The molecule has 2 rings (SSSR count). The lowest BCUT2D eigenvalue weighted by molar-refractivity contribution is 0.0507. The van der Waals surface area contributed by atoms with Gasteiger partial charge in [0.15, 0.2) is 6.23 Å². The Kier molecular flexibility index (Phi) is 4.23. The van der Waals surface area contributed by atoms with Gasteiger partial charge in [0.05, 0.1) is 12.0 Å². The van der Waals surface area contributed by atoms with Crippen molar-refractivity contribution in [2.24, 2.45) is 4.99 Å². The average molecular weight is 275 g/mol. The van der Waals surface area contributed by atoms with E-state index in [0.717, 1.165) is 5.56 Å². The van der Waals surface area contributed by atoms with E-state index in [1.165, 1.54) is 0 Å². The van der Waals surface area contributed by atoms with Gasteiger partial charge in [0.1, 0.15) is 5.84 Å². The van der Waals surface area contributed by atoms with Gasteiger partial charge in [-0.1, -0.05) is 23.7 Å². The summed E-state index contributed by atoms with van der Waals surface area (Å²) in [6, 6.07) is 7.04. The second kappa shape index (κ2) is 5.69. The lowest BCUT2D eigenvalue weighted by Gasteiger charge is -2.10. The molecule has 1 aliphatic rings. The number of rotatable bonds is 4. The highest BCUT2D eigenvalue weighted by molar-refractivity contribution is 6.30. The predicted octanol–water partition coefficient (Wildman–Crippen LogP) is 2.26. The third-order valence-corrected chi connectivity index (χ3v) is 2.90. The van der Waals surface area contributed by atoms with Gasteiger partial charge in [0.25, 0.3) is 0 Å². The van der Waals surface area contributed by atoms with Crippen molar-refractivity contribution < 1.29 is 9.94 Å². The van der Waals surface area contributed by atoms with Crippen LogP contribution in [0.1, 0.15) is 18.1 Å². The van der Waals surface area contributed by atoms with Crippen molar-refractivity contribution >= 4 is 29.0 Å². The van der Waals surface area contributed by atoms with Gasteiger partial charge < -0.3 is 5.11 Å². The van der Waals surface area contributed by atoms with E-state index in [-0.39, 0.29) is 12.1 Å². The molecule has 1 aliphatic heterocycles. The Morgan fingerprint density at radius 2 is 2.12 bits per heavy atom. The Morgan fingerprint density at radius 1 is 1.41 bits per heavy atom. The Hall–Kier alpha value is -0.810. The molecule has 6 heteroatoms. The van der Waals surface area contributed by atoms with E-state index in [0.29, 0.717) is 17.3 Å². The smallest absolute Gasteiger partial charge is 0.190 e. The second-order valence-corrected chi connectivity index (χ2v) is 4.42. The van der Waals surface area contributed by atoms with Gasteiger partial charge in [-0.15, -0.1) is 11.6 Å². The fourth-order valence-electron chi connectivity index (χ4n) is 1.51. The van der Waals surface area contributed by atoms with Crippen LogP contribution < -0.4 is 5.48 Å². The zero-order valence-electron chi connectivity index (χ0n) is 8.94. The molecule has 1 aromatic carbocycles. The summed E-state index contributed by atoms with van der Waals surface area (Å²) in [5.41, 5.74) is 3.43. The summed E-state index contributed by atoms with van der Waals surface area (Å²) >= 11 is 11.4. The number of nitrogens with zero attached hydrogens (tertiary/aromatic N) is 1.